The zero-order valence-corrected chi connectivity index (χ0v) is 24.9. The van der Waals surface area contributed by atoms with E-state index in [9.17, 15) is 19.5 Å². The number of rotatable bonds is 11. The van der Waals surface area contributed by atoms with Crippen LogP contribution in [0.3, 0.4) is 0 Å². The molecule has 3 aliphatic heterocycles. The molecule has 3 heterocycles. The number of fused-ring (bicyclic) bond motifs is 1. The van der Waals surface area contributed by atoms with Crippen molar-refractivity contribution in [3.63, 3.8) is 0 Å². The third kappa shape index (κ3) is 4.75. The number of amides is 2. The number of nitrogens with zero attached hydrogens (tertiary/aromatic N) is 2. The van der Waals surface area contributed by atoms with Crippen LogP contribution in [-0.2, 0) is 23.9 Å². The van der Waals surface area contributed by atoms with Crippen LogP contribution in [0.25, 0.3) is 0 Å². The number of likely N-dealkylation sites (tertiary alicyclic amines) is 1. The van der Waals surface area contributed by atoms with E-state index in [1.807, 2.05) is 26.8 Å². The molecule has 1 spiro atoms. The minimum atomic E-state index is -1.29. The number of aliphatic hydroxyl groups is 1. The van der Waals surface area contributed by atoms with Gasteiger partial charge >= 0.3 is 5.97 Å². The standard InChI is InChI=1S/C29H36BrClN2O6/c1-6-12-32(23-17(5)10-9-11-19(23)31)27(36)25-29-14-18(30)24(39-29)21(28(37)38-13-7-2)22(29)26(35)33(25)20(15-34)16(4)8-3/h6-7,9-11,16,18,20-22,24-25,34H,1-2,8,12-15H2,3-5H3/t16-,18?,20-,21-,22-,24-,25?,29?/m0/s1. The molecule has 0 radical (unpaired) electrons. The first-order valence-corrected chi connectivity index (χ1v) is 14.6. The summed E-state index contributed by atoms with van der Waals surface area (Å²) in [7, 11) is 0. The highest BCUT2D eigenvalue weighted by molar-refractivity contribution is 9.09. The number of anilines is 1. The number of hydrogen-bond acceptors (Lipinski definition) is 6. The van der Waals surface area contributed by atoms with Gasteiger partial charge in [0.2, 0.25) is 5.91 Å². The van der Waals surface area contributed by atoms with Crippen molar-refractivity contribution in [1.82, 2.24) is 4.90 Å². The molecule has 0 saturated carbocycles. The summed E-state index contributed by atoms with van der Waals surface area (Å²) in [6.07, 6.45) is 3.44. The molecule has 212 valence electrons. The average Bonchev–Trinajstić information content (AvgIpc) is 3.50. The van der Waals surface area contributed by atoms with Crippen molar-refractivity contribution in [2.24, 2.45) is 17.8 Å². The maximum atomic E-state index is 14.7. The Morgan fingerprint density at radius 3 is 2.69 bits per heavy atom. The maximum Gasteiger partial charge on any atom is 0.312 e. The number of aryl methyl sites for hydroxylation is 1. The molecule has 10 heteroatoms. The molecular formula is C29H36BrClN2O6. The number of alkyl halides is 1. The lowest BCUT2D eigenvalue weighted by Crippen LogP contribution is -2.60. The Labute approximate surface area is 243 Å². The highest BCUT2D eigenvalue weighted by Crippen LogP contribution is 2.61. The van der Waals surface area contributed by atoms with Gasteiger partial charge in [-0.05, 0) is 30.9 Å². The smallest absolute Gasteiger partial charge is 0.312 e. The molecule has 0 aromatic heterocycles. The Balaban J connectivity index is 1.89. The molecular weight excluding hydrogens is 588 g/mol. The first kappa shape index (κ1) is 29.8. The predicted molar refractivity (Wildman–Crippen MR) is 153 cm³/mol. The number of carbonyl (C=O) groups excluding carboxylic acids is 3. The van der Waals surface area contributed by atoms with Gasteiger partial charge in [0.15, 0.2) is 0 Å². The van der Waals surface area contributed by atoms with Gasteiger partial charge in [0, 0.05) is 11.4 Å². The number of carbonyl (C=O) groups is 3. The Morgan fingerprint density at radius 2 is 2.10 bits per heavy atom. The van der Waals surface area contributed by atoms with E-state index in [4.69, 9.17) is 21.1 Å². The van der Waals surface area contributed by atoms with E-state index >= 15 is 0 Å². The molecule has 8 nitrogen and oxygen atoms in total. The van der Waals surface area contributed by atoms with Crippen molar-refractivity contribution in [2.75, 3.05) is 24.7 Å². The second-order valence-corrected chi connectivity index (χ2v) is 12.2. The van der Waals surface area contributed by atoms with E-state index in [0.29, 0.717) is 23.6 Å². The van der Waals surface area contributed by atoms with Crippen LogP contribution >= 0.6 is 27.5 Å². The fraction of sp³-hybridized carbons (Fsp3) is 0.552. The van der Waals surface area contributed by atoms with Crippen LogP contribution in [0, 0.1) is 24.7 Å². The number of aliphatic hydroxyl groups excluding tert-OH is 1. The van der Waals surface area contributed by atoms with Crippen molar-refractivity contribution in [2.45, 2.75) is 62.2 Å². The molecule has 0 aliphatic carbocycles. The molecule has 39 heavy (non-hydrogen) atoms. The summed E-state index contributed by atoms with van der Waals surface area (Å²) >= 11 is 10.3. The summed E-state index contributed by atoms with van der Waals surface area (Å²) in [6, 6.07) is 3.62. The SMILES string of the molecule is C=CCOC(=O)[C@H]1[C@H]2C(=O)N([C@@H](CO)[C@@H](C)CC)C(C(=O)N(CC=C)c3c(C)cccc3Cl)C23CC(Br)[C@@H]1O3. The average molecular weight is 624 g/mol. The van der Waals surface area contributed by atoms with E-state index in [2.05, 4.69) is 29.1 Å². The Morgan fingerprint density at radius 1 is 1.38 bits per heavy atom. The van der Waals surface area contributed by atoms with Crippen molar-refractivity contribution in [3.05, 3.63) is 54.1 Å². The van der Waals surface area contributed by atoms with Crippen LogP contribution in [-0.4, -0.2) is 76.2 Å². The minimum Gasteiger partial charge on any atom is -0.461 e. The van der Waals surface area contributed by atoms with Crippen LogP contribution in [0.2, 0.25) is 5.02 Å². The second-order valence-electron chi connectivity index (χ2n) is 10.6. The van der Waals surface area contributed by atoms with Crippen molar-refractivity contribution < 1.29 is 29.0 Å². The van der Waals surface area contributed by atoms with Gasteiger partial charge in [0.1, 0.15) is 18.2 Å². The monoisotopic (exact) mass is 622 g/mol. The van der Waals surface area contributed by atoms with Crippen LogP contribution in [0.1, 0.15) is 32.3 Å². The fourth-order valence-corrected chi connectivity index (χ4v) is 7.82. The van der Waals surface area contributed by atoms with Gasteiger partial charge in [-0.15, -0.1) is 6.58 Å². The van der Waals surface area contributed by atoms with Gasteiger partial charge < -0.3 is 24.4 Å². The normalized spacial score (nSPS) is 30.6. The topological polar surface area (TPSA) is 96.4 Å². The number of ether oxygens (including phenoxy) is 2. The summed E-state index contributed by atoms with van der Waals surface area (Å²) < 4.78 is 12.0. The molecule has 3 unspecified atom stereocenters. The summed E-state index contributed by atoms with van der Waals surface area (Å²) in [5, 5.41) is 10.9. The predicted octanol–water partition coefficient (Wildman–Crippen LogP) is 4.05. The van der Waals surface area contributed by atoms with Gasteiger partial charge in [-0.25, -0.2) is 0 Å². The molecule has 3 fully saturated rings. The zero-order chi connectivity index (χ0) is 28.6. The lowest BCUT2D eigenvalue weighted by molar-refractivity contribution is -0.155. The first-order chi connectivity index (χ1) is 18.6. The molecule has 1 aromatic rings. The van der Waals surface area contributed by atoms with Crippen molar-refractivity contribution in [1.29, 1.82) is 0 Å². The third-order valence-electron chi connectivity index (χ3n) is 8.46. The zero-order valence-electron chi connectivity index (χ0n) is 22.5. The molecule has 1 N–H and O–H groups in total. The Kier molecular flexibility index (Phi) is 8.95. The third-order valence-corrected chi connectivity index (χ3v) is 9.61. The van der Waals surface area contributed by atoms with Crippen LogP contribution in [0.5, 0.6) is 0 Å². The highest BCUT2D eigenvalue weighted by atomic mass is 79.9. The lowest BCUT2D eigenvalue weighted by atomic mass is 9.70. The number of para-hydroxylation sites is 1. The Hall–Kier alpha value is -2.20. The quantitative estimate of drug-likeness (QED) is 0.227. The number of esters is 1. The number of hydrogen-bond donors (Lipinski definition) is 1. The number of benzene rings is 1. The Bertz CT molecular complexity index is 1140. The largest absolute Gasteiger partial charge is 0.461 e. The van der Waals surface area contributed by atoms with E-state index in [0.717, 1.165) is 5.56 Å². The van der Waals surface area contributed by atoms with Gasteiger partial charge in [-0.2, -0.15) is 0 Å². The van der Waals surface area contributed by atoms with E-state index in [1.54, 1.807) is 18.2 Å². The van der Waals surface area contributed by atoms with Gasteiger partial charge in [-0.1, -0.05) is 78.7 Å². The van der Waals surface area contributed by atoms with Gasteiger partial charge in [0.05, 0.1) is 41.3 Å². The van der Waals surface area contributed by atoms with Crippen LogP contribution in [0.4, 0.5) is 5.69 Å². The van der Waals surface area contributed by atoms with Crippen molar-refractivity contribution >= 4 is 51.0 Å². The fourth-order valence-electron chi connectivity index (χ4n) is 6.56. The summed E-state index contributed by atoms with van der Waals surface area (Å²) in [5.41, 5.74) is 0.00905. The van der Waals surface area contributed by atoms with Crippen LogP contribution in [0.15, 0.2) is 43.5 Å². The van der Waals surface area contributed by atoms with Gasteiger partial charge in [0.25, 0.3) is 5.91 Å². The lowest BCUT2D eigenvalue weighted by Gasteiger charge is -2.41. The first-order valence-electron chi connectivity index (χ1n) is 13.3. The van der Waals surface area contributed by atoms with E-state index in [1.165, 1.54) is 15.9 Å². The second kappa shape index (κ2) is 11.7. The summed E-state index contributed by atoms with van der Waals surface area (Å²) in [4.78, 5) is 45.1. The molecule has 2 bridgehead atoms. The molecule has 8 atom stereocenters. The minimum absolute atomic E-state index is 0.0000188. The molecule has 3 saturated heterocycles. The maximum absolute atomic E-state index is 14.7. The molecule has 4 rings (SSSR count). The molecule has 2 amide bonds. The van der Waals surface area contributed by atoms with Gasteiger partial charge in [-0.3, -0.25) is 14.4 Å². The highest BCUT2D eigenvalue weighted by Gasteiger charge is 2.77. The van der Waals surface area contributed by atoms with Crippen LogP contribution < -0.4 is 4.90 Å². The summed E-state index contributed by atoms with van der Waals surface area (Å²) in [6.45, 7) is 13.0. The van der Waals surface area contributed by atoms with E-state index < -0.39 is 47.5 Å². The summed E-state index contributed by atoms with van der Waals surface area (Å²) in [5.74, 6) is -3.30. The van der Waals surface area contributed by atoms with Crippen molar-refractivity contribution in [3.8, 4) is 0 Å². The van der Waals surface area contributed by atoms with E-state index in [-0.39, 0.29) is 36.4 Å². The molecule has 3 aliphatic rings. The molecule has 1 aromatic carbocycles. The number of halogens is 2.